The van der Waals surface area contributed by atoms with Gasteiger partial charge in [-0.1, -0.05) is 22.5 Å². The van der Waals surface area contributed by atoms with E-state index >= 15 is 0 Å². The quantitative estimate of drug-likeness (QED) is 0.655. The van der Waals surface area contributed by atoms with Crippen LogP contribution in [0, 0.1) is 5.82 Å². The van der Waals surface area contributed by atoms with Gasteiger partial charge in [0, 0.05) is 16.3 Å². The second-order valence-electron chi connectivity index (χ2n) is 2.80. The molecule has 1 aromatic rings. The third-order valence-electron chi connectivity index (χ3n) is 1.50. The highest BCUT2D eigenvalue weighted by molar-refractivity contribution is 9.10. The van der Waals surface area contributed by atoms with Gasteiger partial charge in [0.25, 0.3) is 0 Å². The third-order valence-corrected chi connectivity index (χ3v) is 2.41. The molecule has 0 amide bonds. The molecule has 0 aliphatic carbocycles. The first-order chi connectivity index (χ1) is 6.61. The largest absolute Gasteiger partial charge is 0.489 e. The highest BCUT2D eigenvalue weighted by Gasteiger charge is 2.00. The molecule has 0 radical (unpaired) electrons. The molecular formula is C10H10BrFOS. The molecule has 0 saturated carbocycles. The summed E-state index contributed by atoms with van der Waals surface area (Å²) in [6.45, 7) is 4.09. The van der Waals surface area contributed by atoms with Crippen molar-refractivity contribution in [3.63, 3.8) is 0 Å². The number of benzene rings is 1. The maximum absolute atomic E-state index is 12.9. The van der Waals surface area contributed by atoms with Crippen LogP contribution >= 0.6 is 28.6 Å². The number of ether oxygens (including phenoxy) is 1. The van der Waals surface area contributed by atoms with Crippen LogP contribution in [0.3, 0.4) is 0 Å². The normalized spacial score (nSPS) is 9.93. The number of halogens is 2. The minimum atomic E-state index is -0.328. The van der Waals surface area contributed by atoms with E-state index in [9.17, 15) is 4.39 Å². The zero-order valence-corrected chi connectivity index (χ0v) is 9.95. The van der Waals surface area contributed by atoms with Gasteiger partial charge in [-0.2, -0.15) is 12.6 Å². The summed E-state index contributed by atoms with van der Waals surface area (Å²) in [6.07, 6.45) is 0. The van der Waals surface area contributed by atoms with Crippen LogP contribution in [0.25, 0.3) is 0 Å². The van der Waals surface area contributed by atoms with Crippen LogP contribution < -0.4 is 4.74 Å². The van der Waals surface area contributed by atoms with E-state index in [-0.39, 0.29) is 5.82 Å². The van der Waals surface area contributed by atoms with Crippen molar-refractivity contribution in [3.05, 3.63) is 40.6 Å². The Morgan fingerprint density at radius 2 is 2.21 bits per heavy atom. The summed E-state index contributed by atoms with van der Waals surface area (Å²) in [7, 11) is 0. The molecule has 0 aliphatic heterocycles. The lowest BCUT2D eigenvalue weighted by Gasteiger charge is -2.07. The highest BCUT2D eigenvalue weighted by Crippen LogP contribution is 2.20. The average molecular weight is 277 g/mol. The van der Waals surface area contributed by atoms with Gasteiger partial charge in [0.05, 0.1) is 0 Å². The summed E-state index contributed by atoms with van der Waals surface area (Å²) < 4.78 is 18.8. The van der Waals surface area contributed by atoms with Crippen LogP contribution in [0.1, 0.15) is 0 Å². The fourth-order valence-corrected chi connectivity index (χ4v) is 1.38. The summed E-state index contributed by atoms with van der Waals surface area (Å²) in [6, 6.07) is 4.41. The molecular weight excluding hydrogens is 267 g/mol. The first-order valence-corrected chi connectivity index (χ1v) is 5.41. The predicted octanol–water partition coefficient (Wildman–Crippen LogP) is 3.45. The van der Waals surface area contributed by atoms with Crippen molar-refractivity contribution < 1.29 is 9.13 Å². The Morgan fingerprint density at radius 1 is 1.50 bits per heavy atom. The molecule has 0 bridgehead atoms. The van der Waals surface area contributed by atoms with Crippen molar-refractivity contribution in [1.29, 1.82) is 0 Å². The standard InChI is InChI=1S/C10H10BrFOS/c1-7(6-14)5-13-10-3-8(11)2-9(12)4-10/h2-4,14H,1,5-6H2. The van der Waals surface area contributed by atoms with E-state index < -0.39 is 0 Å². The smallest absolute Gasteiger partial charge is 0.128 e. The van der Waals surface area contributed by atoms with Crippen molar-refractivity contribution in [2.45, 2.75) is 0 Å². The molecule has 4 heteroatoms. The maximum Gasteiger partial charge on any atom is 0.128 e. The molecule has 0 unspecified atom stereocenters. The van der Waals surface area contributed by atoms with E-state index in [4.69, 9.17) is 4.74 Å². The maximum atomic E-state index is 12.9. The van der Waals surface area contributed by atoms with Gasteiger partial charge in [0.2, 0.25) is 0 Å². The molecule has 0 saturated heterocycles. The first-order valence-electron chi connectivity index (χ1n) is 3.98. The van der Waals surface area contributed by atoms with E-state index in [1.807, 2.05) is 0 Å². The molecule has 0 aliphatic rings. The summed E-state index contributed by atoms with van der Waals surface area (Å²) in [5, 5.41) is 0. The second kappa shape index (κ2) is 5.41. The summed E-state index contributed by atoms with van der Waals surface area (Å²) in [5.41, 5.74) is 0.855. The Bertz CT molecular complexity index is 321. The molecule has 0 atom stereocenters. The Kier molecular flexibility index (Phi) is 4.48. The summed E-state index contributed by atoms with van der Waals surface area (Å²) in [4.78, 5) is 0. The Balaban J connectivity index is 2.63. The van der Waals surface area contributed by atoms with Gasteiger partial charge in [0.15, 0.2) is 0 Å². The van der Waals surface area contributed by atoms with Gasteiger partial charge in [0.1, 0.15) is 18.2 Å². The molecule has 0 spiro atoms. The fourth-order valence-electron chi connectivity index (χ4n) is 0.843. The van der Waals surface area contributed by atoms with Gasteiger partial charge in [-0.15, -0.1) is 0 Å². The van der Waals surface area contributed by atoms with Crippen molar-refractivity contribution >= 4 is 28.6 Å². The SMILES string of the molecule is C=C(CS)COc1cc(F)cc(Br)c1. The van der Waals surface area contributed by atoms with Crippen molar-refractivity contribution in [1.82, 2.24) is 0 Å². The Hall–Kier alpha value is -0.480. The monoisotopic (exact) mass is 276 g/mol. The molecule has 1 rings (SSSR count). The van der Waals surface area contributed by atoms with Crippen LogP contribution in [0.4, 0.5) is 4.39 Å². The number of thiol groups is 1. The zero-order chi connectivity index (χ0) is 10.6. The molecule has 0 fully saturated rings. The minimum Gasteiger partial charge on any atom is -0.489 e. The lowest BCUT2D eigenvalue weighted by atomic mass is 10.3. The summed E-state index contributed by atoms with van der Waals surface area (Å²) in [5.74, 6) is 0.724. The predicted molar refractivity (Wildman–Crippen MR) is 62.6 cm³/mol. The average Bonchev–Trinajstić information content (AvgIpc) is 2.12. The van der Waals surface area contributed by atoms with E-state index in [2.05, 4.69) is 35.1 Å². The molecule has 0 heterocycles. The third kappa shape index (κ3) is 3.72. The fraction of sp³-hybridized carbons (Fsp3) is 0.200. The van der Waals surface area contributed by atoms with E-state index in [0.29, 0.717) is 22.6 Å². The van der Waals surface area contributed by atoms with Crippen LogP contribution in [0.15, 0.2) is 34.8 Å². The van der Waals surface area contributed by atoms with Crippen LogP contribution in [-0.2, 0) is 0 Å². The molecule has 0 aromatic heterocycles. The lowest BCUT2D eigenvalue weighted by Crippen LogP contribution is -2.01. The van der Waals surface area contributed by atoms with Crippen molar-refractivity contribution in [2.75, 3.05) is 12.4 Å². The summed E-state index contributed by atoms with van der Waals surface area (Å²) >= 11 is 7.22. The molecule has 0 N–H and O–H groups in total. The van der Waals surface area contributed by atoms with Gasteiger partial charge in [-0.3, -0.25) is 0 Å². The van der Waals surface area contributed by atoms with Crippen LogP contribution in [0.2, 0.25) is 0 Å². The van der Waals surface area contributed by atoms with Crippen LogP contribution in [0.5, 0.6) is 5.75 Å². The number of hydrogen-bond donors (Lipinski definition) is 1. The lowest BCUT2D eigenvalue weighted by molar-refractivity contribution is 0.351. The molecule has 76 valence electrons. The van der Waals surface area contributed by atoms with E-state index in [1.54, 1.807) is 6.07 Å². The zero-order valence-electron chi connectivity index (χ0n) is 7.46. The molecule has 1 aromatic carbocycles. The van der Waals surface area contributed by atoms with Gasteiger partial charge in [-0.25, -0.2) is 4.39 Å². The number of rotatable bonds is 4. The topological polar surface area (TPSA) is 9.23 Å². The van der Waals surface area contributed by atoms with Crippen molar-refractivity contribution in [3.8, 4) is 5.75 Å². The number of hydrogen-bond acceptors (Lipinski definition) is 2. The van der Waals surface area contributed by atoms with Gasteiger partial charge in [-0.05, 0) is 17.7 Å². The Morgan fingerprint density at radius 3 is 2.79 bits per heavy atom. The molecule has 1 nitrogen and oxygen atoms in total. The van der Waals surface area contributed by atoms with Crippen molar-refractivity contribution in [2.24, 2.45) is 0 Å². The highest BCUT2D eigenvalue weighted by atomic mass is 79.9. The van der Waals surface area contributed by atoms with Crippen LogP contribution in [-0.4, -0.2) is 12.4 Å². The van der Waals surface area contributed by atoms with Gasteiger partial charge < -0.3 is 4.74 Å². The first kappa shape index (κ1) is 11.6. The molecule has 14 heavy (non-hydrogen) atoms. The van der Waals surface area contributed by atoms with E-state index in [0.717, 1.165) is 5.57 Å². The van der Waals surface area contributed by atoms with E-state index in [1.165, 1.54) is 12.1 Å². The Labute approximate surface area is 96.5 Å². The minimum absolute atomic E-state index is 0.328. The second-order valence-corrected chi connectivity index (χ2v) is 4.03. The van der Waals surface area contributed by atoms with Gasteiger partial charge >= 0.3 is 0 Å².